The zero-order chi connectivity index (χ0) is 26.1. The summed E-state index contributed by atoms with van der Waals surface area (Å²) in [6.45, 7) is 23.0. The first-order valence-electron chi connectivity index (χ1n) is 12.3. The van der Waals surface area contributed by atoms with Crippen LogP contribution < -0.4 is 4.43 Å². The fourth-order valence-corrected chi connectivity index (χ4v) is 10.8. The highest BCUT2D eigenvalue weighted by molar-refractivity contribution is 6.83. The number of benzene rings is 1. The topological polar surface area (TPSA) is 61.8 Å². The molecule has 0 radical (unpaired) electrons. The van der Waals surface area contributed by atoms with Crippen LogP contribution in [-0.2, 0) is 19.1 Å². The monoisotopic (exact) mass is 502 g/mol. The molecular weight excluding hydrogens is 460 g/mol. The molecule has 1 atom stereocenters. The van der Waals surface area contributed by atoms with Gasteiger partial charge in [0, 0.05) is 13.8 Å². The molecule has 0 bridgehead atoms. The zero-order valence-corrected chi connectivity index (χ0v) is 24.7. The maximum atomic E-state index is 12.9. The molecule has 1 aromatic carbocycles. The highest BCUT2D eigenvalue weighted by Gasteiger charge is 2.49. The average Bonchev–Trinajstić information content (AvgIpc) is 2.65. The second-order valence-electron chi connectivity index (χ2n) is 11.7. The molecule has 1 saturated heterocycles. The van der Waals surface area contributed by atoms with Gasteiger partial charge in [0.1, 0.15) is 13.8 Å². The van der Waals surface area contributed by atoms with Crippen LogP contribution in [0.5, 0.6) is 5.75 Å². The summed E-state index contributed by atoms with van der Waals surface area (Å²) < 4.78 is 17.7. The van der Waals surface area contributed by atoms with Gasteiger partial charge in [0.25, 0.3) is 14.1 Å². The molecule has 0 amide bonds. The summed E-state index contributed by atoms with van der Waals surface area (Å²) in [4.78, 5) is 25.9. The lowest BCUT2D eigenvalue weighted by Crippen LogP contribution is -2.50. The number of carbonyl (C=O) groups is 2. The van der Waals surface area contributed by atoms with Gasteiger partial charge in [-0.2, -0.15) is 0 Å². The van der Waals surface area contributed by atoms with E-state index in [0.717, 1.165) is 11.3 Å². The lowest BCUT2D eigenvalue weighted by atomic mass is 9.86. The predicted octanol–water partition coefficient (Wildman–Crippen LogP) is 6.66. The first-order chi connectivity index (χ1) is 15.5. The van der Waals surface area contributed by atoms with E-state index >= 15 is 0 Å². The van der Waals surface area contributed by atoms with Crippen LogP contribution in [0.1, 0.15) is 66.9 Å². The fraction of sp³-hybridized carbons (Fsp3) is 0.630. The molecule has 0 saturated carbocycles. The molecule has 0 spiro atoms. The first-order valence-corrected chi connectivity index (χ1v) is 17.9. The van der Waals surface area contributed by atoms with Crippen molar-refractivity contribution < 1.29 is 23.5 Å². The van der Waals surface area contributed by atoms with Crippen molar-refractivity contribution in [3.63, 3.8) is 0 Å². The van der Waals surface area contributed by atoms with Crippen LogP contribution in [0.25, 0.3) is 0 Å². The van der Waals surface area contributed by atoms with Crippen LogP contribution in [-0.4, -0.2) is 34.1 Å². The Balaban J connectivity index is 2.57. The SMILES string of the molecule is CC(C)[Si](Oc1cccc([C@H](C#C[Si](C)(C)C)C2C(=O)OC(C)(C)OC2=O)c1)(C(C)C)C(C)C. The summed E-state index contributed by atoms with van der Waals surface area (Å²) in [6, 6.07) is 7.72. The Labute approximate surface area is 208 Å². The van der Waals surface area contributed by atoms with Crippen molar-refractivity contribution >= 4 is 28.3 Å². The van der Waals surface area contributed by atoms with E-state index in [9.17, 15) is 9.59 Å². The number of esters is 2. The molecule has 7 heteroatoms. The molecule has 1 aliphatic heterocycles. The summed E-state index contributed by atoms with van der Waals surface area (Å²) >= 11 is 0. The van der Waals surface area contributed by atoms with Crippen molar-refractivity contribution in [1.82, 2.24) is 0 Å². The molecule has 34 heavy (non-hydrogen) atoms. The molecule has 1 aliphatic rings. The Hall–Kier alpha value is -2.05. The Morgan fingerprint density at radius 3 is 1.85 bits per heavy atom. The van der Waals surface area contributed by atoms with E-state index in [0.29, 0.717) is 16.6 Å². The third-order valence-electron chi connectivity index (χ3n) is 6.36. The first kappa shape index (κ1) is 28.2. The standard InChI is InChI=1S/C27H42O5Si2/c1-18(2)34(19(3)4,20(5)6)32-22-14-12-13-21(17-22)23(15-16-33(9,10)11)24-25(28)30-27(7,8)31-26(24)29/h12-14,17-20,23-24H,1-11H3/t23-/m0/s1. The van der Waals surface area contributed by atoms with Crippen LogP contribution in [0.4, 0.5) is 0 Å². The Morgan fingerprint density at radius 1 is 0.912 bits per heavy atom. The number of ether oxygens (including phenoxy) is 2. The highest BCUT2D eigenvalue weighted by atomic mass is 28.4. The van der Waals surface area contributed by atoms with Gasteiger partial charge >= 0.3 is 11.9 Å². The molecule has 0 aliphatic carbocycles. The maximum Gasteiger partial charge on any atom is 0.325 e. The lowest BCUT2D eigenvalue weighted by molar-refractivity contribution is -0.240. The van der Waals surface area contributed by atoms with Gasteiger partial charge < -0.3 is 13.9 Å². The molecule has 0 aromatic heterocycles. The maximum absolute atomic E-state index is 12.9. The van der Waals surface area contributed by atoms with Gasteiger partial charge in [0.2, 0.25) is 0 Å². The van der Waals surface area contributed by atoms with E-state index in [-0.39, 0.29) is 0 Å². The van der Waals surface area contributed by atoms with Crippen LogP contribution >= 0.6 is 0 Å². The third-order valence-corrected chi connectivity index (χ3v) is 13.3. The smallest absolute Gasteiger partial charge is 0.325 e. The van der Waals surface area contributed by atoms with E-state index in [1.807, 2.05) is 24.3 Å². The van der Waals surface area contributed by atoms with E-state index in [4.69, 9.17) is 13.9 Å². The van der Waals surface area contributed by atoms with Gasteiger partial charge in [0.05, 0.1) is 5.92 Å². The molecular formula is C27H42O5Si2. The van der Waals surface area contributed by atoms with E-state index in [1.54, 1.807) is 13.8 Å². The summed E-state index contributed by atoms with van der Waals surface area (Å²) in [5.74, 6) is -0.250. The molecule has 0 unspecified atom stereocenters. The highest BCUT2D eigenvalue weighted by Crippen LogP contribution is 2.43. The van der Waals surface area contributed by atoms with Crippen molar-refractivity contribution in [1.29, 1.82) is 0 Å². The third kappa shape index (κ3) is 6.34. The predicted molar refractivity (Wildman–Crippen MR) is 142 cm³/mol. The van der Waals surface area contributed by atoms with Crippen molar-refractivity contribution in [2.24, 2.45) is 5.92 Å². The minimum atomic E-state index is -2.17. The van der Waals surface area contributed by atoms with Crippen LogP contribution in [0.3, 0.4) is 0 Å². The molecule has 5 nitrogen and oxygen atoms in total. The minimum absolute atomic E-state index is 0.421. The quantitative estimate of drug-likeness (QED) is 0.181. The Kier molecular flexibility index (Phi) is 8.53. The van der Waals surface area contributed by atoms with Crippen molar-refractivity contribution in [3.05, 3.63) is 29.8 Å². The number of hydrogen-bond donors (Lipinski definition) is 0. The normalized spacial score (nSPS) is 17.8. The van der Waals surface area contributed by atoms with Gasteiger partial charge in [0.15, 0.2) is 5.92 Å². The zero-order valence-electron chi connectivity index (χ0n) is 22.7. The minimum Gasteiger partial charge on any atom is -0.543 e. The molecule has 1 aromatic rings. The van der Waals surface area contributed by atoms with Crippen molar-refractivity contribution in [3.8, 4) is 17.2 Å². The molecule has 2 rings (SSSR count). The van der Waals surface area contributed by atoms with Gasteiger partial charge in [-0.05, 0) is 34.3 Å². The Bertz CT molecular complexity index is 921. The summed E-state index contributed by atoms with van der Waals surface area (Å²) in [5.41, 5.74) is 5.37. The largest absolute Gasteiger partial charge is 0.543 e. The van der Waals surface area contributed by atoms with Gasteiger partial charge in [-0.1, -0.05) is 73.3 Å². The number of rotatable bonds is 7. The van der Waals surface area contributed by atoms with Crippen LogP contribution in [0.2, 0.25) is 36.3 Å². The second kappa shape index (κ2) is 10.3. The number of hydrogen-bond acceptors (Lipinski definition) is 5. The van der Waals surface area contributed by atoms with Gasteiger partial charge in [-0.3, -0.25) is 9.59 Å². The van der Waals surface area contributed by atoms with Crippen molar-refractivity contribution in [2.75, 3.05) is 0 Å². The Morgan fingerprint density at radius 2 is 1.41 bits per heavy atom. The van der Waals surface area contributed by atoms with Crippen molar-refractivity contribution in [2.45, 2.75) is 103 Å². The van der Waals surface area contributed by atoms with Crippen LogP contribution in [0, 0.1) is 17.4 Å². The van der Waals surface area contributed by atoms with Crippen LogP contribution in [0.15, 0.2) is 24.3 Å². The van der Waals surface area contributed by atoms with E-state index in [1.165, 1.54) is 0 Å². The molecule has 188 valence electrons. The summed E-state index contributed by atoms with van der Waals surface area (Å²) in [6.07, 6.45) is 0. The molecule has 0 N–H and O–H groups in total. The van der Waals surface area contributed by atoms with Gasteiger partial charge in [-0.25, -0.2) is 0 Å². The number of cyclic esters (lactones) is 2. The van der Waals surface area contributed by atoms with E-state index in [2.05, 4.69) is 72.6 Å². The van der Waals surface area contributed by atoms with Gasteiger partial charge in [-0.15, -0.1) is 11.5 Å². The fourth-order valence-electron chi connectivity index (χ4n) is 4.98. The number of carbonyl (C=O) groups excluding carboxylic acids is 2. The summed E-state index contributed by atoms with van der Waals surface area (Å²) in [7, 11) is -3.95. The molecule has 1 heterocycles. The second-order valence-corrected chi connectivity index (χ2v) is 21.8. The average molecular weight is 503 g/mol. The summed E-state index contributed by atoms with van der Waals surface area (Å²) in [5, 5.41) is 0. The lowest BCUT2D eigenvalue weighted by Gasteiger charge is -2.42. The van der Waals surface area contributed by atoms with E-state index < -0.39 is 46.0 Å². The molecule has 1 fully saturated rings.